The minimum Gasteiger partial charge on any atom is -0.310 e. The maximum Gasteiger partial charge on any atom is 0.281 e. The van der Waals surface area contributed by atoms with Gasteiger partial charge in [0.05, 0.1) is 11.3 Å². The van der Waals surface area contributed by atoms with Gasteiger partial charge in [-0.1, -0.05) is 12.2 Å². The molecule has 4 rings (SSSR count). The minimum absolute atomic E-state index is 0.0900. The molecule has 0 saturated carbocycles. The van der Waals surface area contributed by atoms with Gasteiger partial charge >= 0.3 is 0 Å². The van der Waals surface area contributed by atoms with Crippen molar-refractivity contribution in [2.75, 3.05) is 40.3 Å². The molecule has 0 aromatic carbocycles. The number of allylic oxidation sites excluding steroid dienone is 2. The van der Waals surface area contributed by atoms with Crippen molar-refractivity contribution >= 4 is 10.2 Å². The summed E-state index contributed by atoms with van der Waals surface area (Å²) in [7, 11) is -0.517. The Morgan fingerprint density at radius 2 is 1.93 bits per heavy atom. The number of rotatable bonds is 5. The second kappa shape index (κ2) is 8.90. The molecule has 0 radical (unpaired) electrons. The second-order valence-electron chi connectivity index (χ2n) is 8.98. The molecule has 1 N–H and O–H groups in total. The van der Waals surface area contributed by atoms with Gasteiger partial charge in [-0.25, -0.2) is 4.98 Å². The van der Waals surface area contributed by atoms with E-state index in [0.717, 1.165) is 43.4 Å². The fourth-order valence-electron chi connectivity index (χ4n) is 4.82. The van der Waals surface area contributed by atoms with Gasteiger partial charge in [-0.05, 0) is 51.1 Å². The number of aromatic amines is 1. The molecule has 1 aromatic rings. The number of nitrogens with one attached hydrogen (secondary N) is 1. The van der Waals surface area contributed by atoms with Gasteiger partial charge in [-0.2, -0.15) is 17.0 Å². The Labute approximate surface area is 179 Å². The quantitative estimate of drug-likeness (QED) is 0.708. The number of hydrogen-bond donors (Lipinski definition) is 1. The molecule has 1 atom stereocenters. The van der Waals surface area contributed by atoms with E-state index in [0.29, 0.717) is 18.5 Å². The summed E-state index contributed by atoms with van der Waals surface area (Å²) < 4.78 is 27.3. The summed E-state index contributed by atoms with van der Waals surface area (Å²) >= 11 is 0. The molecule has 30 heavy (non-hydrogen) atoms. The monoisotopic (exact) mass is 435 g/mol. The highest BCUT2D eigenvalue weighted by Crippen LogP contribution is 2.28. The van der Waals surface area contributed by atoms with E-state index in [1.165, 1.54) is 48.5 Å². The summed E-state index contributed by atoms with van der Waals surface area (Å²) in [5.41, 5.74) is 1.05. The number of fused-ring (bicyclic) bond motifs is 1. The summed E-state index contributed by atoms with van der Waals surface area (Å²) in [6, 6.07) is 0. The van der Waals surface area contributed by atoms with E-state index in [2.05, 4.69) is 22.0 Å². The highest BCUT2D eigenvalue weighted by atomic mass is 32.2. The van der Waals surface area contributed by atoms with Gasteiger partial charge < -0.3 is 9.88 Å². The molecule has 1 fully saturated rings. The topological polar surface area (TPSA) is 89.6 Å². The molecule has 1 unspecified atom stereocenters. The number of nitrogens with zero attached hydrogens (tertiary/aromatic N) is 4. The number of hydrogen-bond acceptors (Lipinski definition) is 5. The van der Waals surface area contributed by atoms with Crippen molar-refractivity contribution in [3.8, 4) is 0 Å². The lowest BCUT2D eigenvalue weighted by Crippen LogP contribution is -2.45. The largest absolute Gasteiger partial charge is 0.310 e. The lowest BCUT2D eigenvalue weighted by atomic mass is 9.91. The molecule has 2 aliphatic heterocycles. The number of piperidine rings is 1. The summed E-state index contributed by atoms with van der Waals surface area (Å²) in [6.07, 6.45) is 10.8. The van der Waals surface area contributed by atoms with Gasteiger partial charge in [0.1, 0.15) is 5.82 Å². The normalized spacial score (nSPS) is 24.3. The van der Waals surface area contributed by atoms with E-state index in [1.54, 1.807) is 0 Å². The van der Waals surface area contributed by atoms with Crippen LogP contribution in [0.1, 0.15) is 55.1 Å². The fourth-order valence-corrected chi connectivity index (χ4v) is 5.89. The highest BCUT2D eigenvalue weighted by molar-refractivity contribution is 7.86. The van der Waals surface area contributed by atoms with Crippen molar-refractivity contribution in [3.63, 3.8) is 0 Å². The van der Waals surface area contributed by atoms with Crippen LogP contribution in [-0.2, 0) is 23.2 Å². The Morgan fingerprint density at radius 3 is 2.60 bits per heavy atom. The lowest BCUT2D eigenvalue weighted by Gasteiger charge is -2.34. The van der Waals surface area contributed by atoms with Crippen LogP contribution < -0.4 is 5.56 Å². The van der Waals surface area contributed by atoms with Crippen LogP contribution in [-0.4, -0.2) is 72.2 Å². The van der Waals surface area contributed by atoms with Crippen molar-refractivity contribution in [1.82, 2.24) is 23.5 Å². The van der Waals surface area contributed by atoms with Crippen LogP contribution in [0.3, 0.4) is 0 Å². The van der Waals surface area contributed by atoms with E-state index in [1.807, 2.05) is 0 Å². The van der Waals surface area contributed by atoms with Crippen molar-refractivity contribution < 1.29 is 8.42 Å². The lowest BCUT2D eigenvalue weighted by molar-refractivity contribution is 0.175. The molecule has 1 aromatic heterocycles. The Morgan fingerprint density at radius 1 is 1.17 bits per heavy atom. The summed E-state index contributed by atoms with van der Waals surface area (Å²) in [5, 5.41) is 0. The van der Waals surface area contributed by atoms with Crippen LogP contribution in [0.4, 0.5) is 0 Å². The summed E-state index contributed by atoms with van der Waals surface area (Å²) in [4.78, 5) is 23.1. The van der Waals surface area contributed by atoms with Crippen molar-refractivity contribution in [3.05, 3.63) is 39.6 Å². The van der Waals surface area contributed by atoms with Gasteiger partial charge in [0.2, 0.25) is 0 Å². The van der Waals surface area contributed by atoms with Crippen molar-refractivity contribution in [2.24, 2.45) is 5.92 Å². The molecular formula is C21H33N5O3S. The van der Waals surface area contributed by atoms with Crippen molar-refractivity contribution in [1.29, 1.82) is 0 Å². The Kier molecular flexibility index (Phi) is 6.43. The fraction of sp³-hybridized carbons (Fsp3) is 0.714. The van der Waals surface area contributed by atoms with Crippen LogP contribution in [0.2, 0.25) is 0 Å². The van der Waals surface area contributed by atoms with E-state index < -0.39 is 10.2 Å². The molecule has 3 heterocycles. The smallest absolute Gasteiger partial charge is 0.281 e. The SMILES string of the molecule is CN(C)S(=O)(=O)N1CCc2nc(C3CCN(CC4CC=CCC4)CC3)[nH]c(=O)c2C1. The van der Waals surface area contributed by atoms with Crippen LogP contribution in [0.25, 0.3) is 0 Å². The predicted molar refractivity (Wildman–Crippen MR) is 116 cm³/mol. The first-order valence-corrected chi connectivity index (χ1v) is 12.4. The number of H-pyrrole nitrogens is 1. The maximum atomic E-state index is 12.7. The predicted octanol–water partition coefficient (Wildman–Crippen LogP) is 1.47. The summed E-state index contributed by atoms with van der Waals surface area (Å²) in [6.45, 7) is 3.70. The van der Waals surface area contributed by atoms with Gasteiger partial charge in [0, 0.05) is 46.1 Å². The van der Waals surface area contributed by atoms with Gasteiger partial charge in [0.15, 0.2) is 0 Å². The van der Waals surface area contributed by atoms with E-state index >= 15 is 0 Å². The van der Waals surface area contributed by atoms with Gasteiger partial charge in [-0.3, -0.25) is 4.79 Å². The molecule has 9 heteroatoms. The zero-order valence-electron chi connectivity index (χ0n) is 18.0. The zero-order chi connectivity index (χ0) is 21.3. The van der Waals surface area contributed by atoms with Gasteiger partial charge in [-0.15, -0.1) is 0 Å². The summed E-state index contributed by atoms with van der Waals surface area (Å²) in [5.74, 6) is 1.83. The molecule has 0 amide bonds. The van der Waals surface area contributed by atoms with Crippen LogP contribution in [0.15, 0.2) is 16.9 Å². The molecule has 0 spiro atoms. The first-order chi connectivity index (χ1) is 14.3. The van der Waals surface area contributed by atoms with Crippen LogP contribution in [0, 0.1) is 5.92 Å². The molecule has 0 bridgehead atoms. The van der Waals surface area contributed by atoms with E-state index in [9.17, 15) is 13.2 Å². The Balaban J connectivity index is 1.41. The zero-order valence-corrected chi connectivity index (χ0v) is 18.8. The first kappa shape index (κ1) is 21.7. The average Bonchev–Trinajstić information content (AvgIpc) is 2.74. The standard InChI is InChI=1S/C21H33N5O3S/c1-24(2)30(28,29)26-13-10-19-18(15-26)21(27)23-20(22-19)17-8-11-25(12-9-17)14-16-6-4-3-5-7-16/h3-4,16-17H,5-15H2,1-2H3,(H,22,23,27). The maximum absolute atomic E-state index is 12.7. The molecule has 8 nitrogen and oxygen atoms in total. The molecular weight excluding hydrogens is 402 g/mol. The third-order valence-electron chi connectivity index (χ3n) is 6.71. The van der Waals surface area contributed by atoms with E-state index in [-0.39, 0.29) is 18.0 Å². The second-order valence-corrected chi connectivity index (χ2v) is 11.1. The third kappa shape index (κ3) is 4.54. The molecule has 1 saturated heterocycles. The van der Waals surface area contributed by atoms with Crippen molar-refractivity contribution in [2.45, 2.75) is 51.0 Å². The van der Waals surface area contributed by atoms with E-state index in [4.69, 9.17) is 4.98 Å². The highest BCUT2D eigenvalue weighted by Gasteiger charge is 2.32. The molecule has 1 aliphatic carbocycles. The Hall–Kier alpha value is -1.55. The van der Waals surface area contributed by atoms with Crippen LogP contribution in [0.5, 0.6) is 0 Å². The molecule has 166 valence electrons. The number of likely N-dealkylation sites (tertiary alicyclic amines) is 1. The third-order valence-corrected chi connectivity index (χ3v) is 8.60. The average molecular weight is 436 g/mol. The van der Waals surface area contributed by atoms with Crippen LogP contribution >= 0.6 is 0 Å². The minimum atomic E-state index is -3.53. The number of aromatic nitrogens is 2. The Bertz CT molecular complexity index is 948. The molecule has 3 aliphatic rings. The van der Waals surface area contributed by atoms with Gasteiger partial charge in [0.25, 0.3) is 15.8 Å². The first-order valence-electron chi connectivity index (χ1n) is 11.0.